The van der Waals surface area contributed by atoms with Crippen molar-refractivity contribution in [3.8, 4) is 5.75 Å². The Hall–Kier alpha value is -2.54. The number of urea groups is 1. The zero-order valence-electron chi connectivity index (χ0n) is 15.2. The van der Waals surface area contributed by atoms with E-state index in [1.165, 1.54) is 7.11 Å². The number of amides is 2. The number of nitrogens with one attached hydrogen (secondary N) is 1. The van der Waals surface area contributed by atoms with E-state index in [2.05, 4.69) is 21.2 Å². The largest absolute Gasteiger partial charge is 0.467 e. The molecule has 2 aromatic rings. The lowest BCUT2D eigenvalue weighted by atomic mass is 9.89. The van der Waals surface area contributed by atoms with Crippen LogP contribution in [0.3, 0.4) is 0 Å². The Morgan fingerprint density at radius 3 is 2.81 bits per heavy atom. The number of carbonyl (C=O) groups is 2. The van der Waals surface area contributed by atoms with Crippen LogP contribution in [0.5, 0.6) is 5.75 Å². The molecular weight excluding hydrogens is 412 g/mol. The van der Waals surface area contributed by atoms with E-state index in [9.17, 15) is 9.59 Å². The maximum Gasteiger partial charge on any atom is 0.337 e. The van der Waals surface area contributed by atoms with Gasteiger partial charge in [0, 0.05) is 22.1 Å². The fourth-order valence-corrected chi connectivity index (χ4v) is 4.02. The number of nitrogens with zero attached hydrogens (tertiary/aromatic N) is 1. The number of rotatable bonds is 2. The number of halogens is 1. The van der Waals surface area contributed by atoms with Crippen molar-refractivity contribution in [3.63, 3.8) is 0 Å². The molecule has 2 aliphatic rings. The van der Waals surface area contributed by atoms with Gasteiger partial charge >= 0.3 is 12.0 Å². The lowest BCUT2D eigenvalue weighted by Crippen LogP contribution is -2.65. The van der Waals surface area contributed by atoms with E-state index in [1.807, 2.05) is 32.0 Å². The average Bonchev–Trinajstić information content (AvgIpc) is 2.63. The molecule has 4 rings (SSSR count). The highest BCUT2D eigenvalue weighted by molar-refractivity contribution is 9.10. The molecule has 0 aliphatic carbocycles. The Labute approximate surface area is 165 Å². The third-order valence-electron chi connectivity index (χ3n) is 5.09. The number of carbonyl (C=O) groups excluding carboxylic acids is 2. The summed E-state index contributed by atoms with van der Waals surface area (Å²) in [5.41, 5.74) is 2.19. The Kier molecular flexibility index (Phi) is 4.14. The predicted octanol–water partition coefficient (Wildman–Crippen LogP) is 4.31. The van der Waals surface area contributed by atoms with Crippen molar-refractivity contribution in [2.75, 3.05) is 12.0 Å². The van der Waals surface area contributed by atoms with Crippen molar-refractivity contribution in [1.82, 2.24) is 5.32 Å². The second-order valence-corrected chi connectivity index (χ2v) is 7.85. The van der Waals surface area contributed by atoms with Gasteiger partial charge < -0.3 is 14.8 Å². The first kappa shape index (κ1) is 17.9. The molecule has 1 N–H and O–H groups in total. The van der Waals surface area contributed by atoms with Gasteiger partial charge in [0.05, 0.1) is 18.7 Å². The van der Waals surface area contributed by atoms with E-state index in [0.717, 1.165) is 21.3 Å². The van der Waals surface area contributed by atoms with Gasteiger partial charge in [-0.2, -0.15) is 0 Å². The molecule has 2 atom stereocenters. The zero-order valence-corrected chi connectivity index (χ0v) is 16.8. The van der Waals surface area contributed by atoms with E-state index in [4.69, 9.17) is 9.47 Å². The summed E-state index contributed by atoms with van der Waals surface area (Å²) in [6.07, 6.45) is 0.561. The molecule has 140 valence electrons. The first-order valence-electron chi connectivity index (χ1n) is 8.60. The highest BCUT2D eigenvalue weighted by Crippen LogP contribution is 2.46. The van der Waals surface area contributed by atoms with Crippen molar-refractivity contribution in [3.05, 3.63) is 57.6 Å². The quantitative estimate of drug-likeness (QED) is 0.720. The van der Waals surface area contributed by atoms with Crippen LogP contribution >= 0.6 is 15.9 Å². The fraction of sp³-hybridized carbons (Fsp3) is 0.300. The molecule has 2 aliphatic heterocycles. The highest BCUT2D eigenvalue weighted by atomic mass is 79.9. The third-order valence-corrected chi connectivity index (χ3v) is 5.98. The summed E-state index contributed by atoms with van der Waals surface area (Å²) in [6.45, 7) is 3.89. The second-order valence-electron chi connectivity index (χ2n) is 7.00. The van der Waals surface area contributed by atoms with Crippen molar-refractivity contribution >= 4 is 33.6 Å². The minimum Gasteiger partial charge on any atom is -0.467 e. The smallest absolute Gasteiger partial charge is 0.337 e. The van der Waals surface area contributed by atoms with Crippen LogP contribution in [-0.4, -0.2) is 24.8 Å². The molecule has 1 saturated heterocycles. The number of methoxy groups -OCH3 is 1. The molecule has 2 amide bonds. The summed E-state index contributed by atoms with van der Waals surface area (Å²) < 4.78 is 12.0. The first-order valence-corrected chi connectivity index (χ1v) is 9.40. The molecule has 0 radical (unpaired) electrons. The monoisotopic (exact) mass is 430 g/mol. The van der Waals surface area contributed by atoms with Gasteiger partial charge in [-0.15, -0.1) is 0 Å². The van der Waals surface area contributed by atoms with Gasteiger partial charge in [0.15, 0.2) is 5.72 Å². The normalized spacial score (nSPS) is 23.2. The SMILES string of the molecule is COC(=O)c1ccc2c(c1)C1CC(C)(O2)N(c2ccc(Br)c(C)c2)C(=O)N1. The molecule has 0 saturated carbocycles. The zero-order chi connectivity index (χ0) is 19.3. The Balaban J connectivity index is 1.76. The highest BCUT2D eigenvalue weighted by Gasteiger charge is 2.50. The van der Waals surface area contributed by atoms with E-state index in [1.54, 1.807) is 23.1 Å². The lowest BCUT2D eigenvalue weighted by molar-refractivity contribution is 0.0377. The molecule has 2 heterocycles. The Morgan fingerprint density at radius 1 is 1.33 bits per heavy atom. The number of ether oxygens (including phenoxy) is 2. The Morgan fingerprint density at radius 2 is 2.11 bits per heavy atom. The molecule has 2 unspecified atom stereocenters. The van der Waals surface area contributed by atoms with Gasteiger partial charge in [0.25, 0.3) is 0 Å². The second kappa shape index (κ2) is 6.27. The van der Waals surface area contributed by atoms with E-state index < -0.39 is 11.7 Å². The first-order chi connectivity index (χ1) is 12.8. The van der Waals surface area contributed by atoms with Crippen LogP contribution in [0.15, 0.2) is 40.9 Å². The van der Waals surface area contributed by atoms with Gasteiger partial charge in [0.2, 0.25) is 0 Å². The summed E-state index contributed by atoms with van der Waals surface area (Å²) >= 11 is 3.49. The number of benzene rings is 2. The number of fused-ring (bicyclic) bond motifs is 4. The standard InChI is InChI=1S/C20H19BrN2O4/c1-11-8-13(5-6-15(11)21)23-19(25)22-16-10-20(23,2)27-17-7-4-12(9-14(16)17)18(24)26-3/h4-9,16H,10H2,1-3H3,(H,22,25). The van der Waals surface area contributed by atoms with Crippen LogP contribution in [0, 0.1) is 6.92 Å². The van der Waals surface area contributed by atoms with Crippen molar-refractivity contribution in [2.45, 2.75) is 32.0 Å². The molecule has 7 heteroatoms. The maximum atomic E-state index is 12.9. The topological polar surface area (TPSA) is 67.9 Å². The number of hydrogen-bond acceptors (Lipinski definition) is 4. The summed E-state index contributed by atoms with van der Waals surface area (Å²) in [5, 5.41) is 3.04. The van der Waals surface area contributed by atoms with Crippen LogP contribution in [-0.2, 0) is 4.74 Å². The number of anilines is 1. The summed E-state index contributed by atoms with van der Waals surface area (Å²) in [4.78, 5) is 26.4. The van der Waals surface area contributed by atoms with Gasteiger partial charge in [-0.25, -0.2) is 9.59 Å². The minimum atomic E-state index is -0.826. The average molecular weight is 431 g/mol. The van der Waals surface area contributed by atoms with Crippen LogP contribution in [0.1, 0.15) is 40.9 Å². The molecule has 6 nitrogen and oxygen atoms in total. The fourth-order valence-electron chi connectivity index (χ4n) is 3.78. The van der Waals surface area contributed by atoms with Gasteiger partial charge in [-0.3, -0.25) is 4.90 Å². The van der Waals surface area contributed by atoms with Crippen LogP contribution in [0.4, 0.5) is 10.5 Å². The van der Waals surface area contributed by atoms with E-state index >= 15 is 0 Å². The lowest BCUT2D eigenvalue weighted by Gasteiger charge is -2.50. The Bertz CT molecular complexity index is 961. The molecule has 2 aromatic carbocycles. The summed E-state index contributed by atoms with van der Waals surface area (Å²) in [7, 11) is 1.34. The third kappa shape index (κ3) is 2.86. The molecule has 1 fully saturated rings. The van der Waals surface area contributed by atoms with Crippen molar-refractivity contribution in [2.24, 2.45) is 0 Å². The molecule has 0 spiro atoms. The van der Waals surface area contributed by atoms with Gasteiger partial charge in [-0.1, -0.05) is 15.9 Å². The number of hydrogen-bond donors (Lipinski definition) is 1. The molecule has 0 aromatic heterocycles. The van der Waals surface area contributed by atoms with Crippen molar-refractivity contribution in [1.29, 1.82) is 0 Å². The molecular formula is C20H19BrN2O4. The molecule has 27 heavy (non-hydrogen) atoms. The van der Waals surface area contributed by atoms with Crippen LogP contribution < -0.4 is 15.0 Å². The maximum absolute atomic E-state index is 12.9. The van der Waals surface area contributed by atoms with Crippen LogP contribution in [0.2, 0.25) is 0 Å². The summed E-state index contributed by atoms with van der Waals surface area (Å²) in [5.74, 6) is 0.237. The van der Waals surface area contributed by atoms with Gasteiger partial charge in [-0.05, 0) is 55.8 Å². The number of esters is 1. The minimum absolute atomic E-state index is 0.232. The number of aryl methyl sites for hydroxylation is 1. The van der Waals surface area contributed by atoms with E-state index in [0.29, 0.717) is 17.7 Å². The van der Waals surface area contributed by atoms with Crippen molar-refractivity contribution < 1.29 is 19.1 Å². The predicted molar refractivity (Wildman–Crippen MR) is 104 cm³/mol. The van der Waals surface area contributed by atoms with E-state index in [-0.39, 0.29) is 12.1 Å². The molecule has 2 bridgehead atoms. The van der Waals surface area contributed by atoms with Crippen LogP contribution in [0.25, 0.3) is 0 Å². The summed E-state index contributed by atoms with van der Waals surface area (Å²) in [6, 6.07) is 10.5. The van der Waals surface area contributed by atoms with Gasteiger partial charge in [0.1, 0.15) is 5.75 Å².